The molecule has 2 rings (SSSR count). The first kappa shape index (κ1) is 11.7. The van der Waals surface area contributed by atoms with Crippen LogP contribution >= 0.6 is 0 Å². The maximum atomic E-state index is 11.3. The number of hydrogen-bond acceptors (Lipinski definition) is 3. The zero-order chi connectivity index (χ0) is 12.3. The lowest BCUT2D eigenvalue weighted by Gasteiger charge is -2.30. The molecule has 1 heterocycles. The van der Waals surface area contributed by atoms with Crippen molar-refractivity contribution >= 4 is 5.97 Å². The number of cyclic esters (lactones) is 1. The molecule has 0 radical (unpaired) electrons. The minimum absolute atomic E-state index is 0.329. The van der Waals surface area contributed by atoms with Gasteiger partial charge in [-0.05, 0) is 12.0 Å². The van der Waals surface area contributed by atoms with Crippen LogP contribution in [0.25, 0.3) is 0 Å². The SMILES string of the molecule is CC1(C)OC(=O)C=C(CCc2ccccc2)O1. The Hall–Kier alpha value is -1.77. The van der Waals surface area contributed by atoms with Gasteiger partial charge < -0.3 is 9.47 Å². The molecular weight excluding hydrogens is 216 g/mol. The van der Waals surface area contributed by atoms with Gasteiger partial charge >= 0.3 is 5.97 Å². The van der Waals surface area contributed by atoms with Crippen molar-refractivity contribution in [1.29, 1.82) is 0 Å². The average Bonchev–Trinajstić information content (AvgIpc) is 2.25. The number of rotatable bonds is 3. The molecule has 1 aromatic carbocycles. The second-order valence-electron chi connectivity index (χ2n) is 4.52. The van der Waals surface area contributed by atoms with Crippen molar-refractivity contribution in [1.82, 2.24) is 0 Å². The van der Waals surface area contributed by atoms with Gasteiger partial charge in [-0.3, -0.25) is 0 Å². The van der Waals surface area contributed by atoms with Crippen LogP contribution < -0.4 is 0 Å². The third-order valence-electron chi connectivity index (χ3n) is 2.51. The number of carbonyl (C=O) groups is 1. The van der Waals surface area contributed by atoms with E-state index in [1.54, 1.807) is 13.8 Å². The third kappa shape index (κ3) is 3.34. The molecule has 17 heavy (non-hydrogen) atoms. The Morgan fingerprint density at radius 2 is 1.76 bits per heavy atom. The lowest BCUT2D eigenvalue weighted by Crippen LogP contribution is -2.34. The molecular formula is C14H16O3. The normalized spacial score (nSPS) is 18.0. The maximum absolute atomic E-state index is 11.3. The van der Waals surface area contributed by atoms with Gasteiger partial charge in [0.15, 0.2) is 0 Å². The zero-order valence-electron chi connectivity index (χ0n) is 10.1. The van der Waals surface area contributed by atoms with E-state index in [4.69, 9.17) is 9.47 Å². The summed E-state index contributed by atoms with van der Waals surface area (Å²) < 4.78 is 10.6. The summed E-state index contributed by atoms with van der Waals surface area (Å²) in [5.41, 5.74) is 1.23. The van der Waals surface area contributed by atoms with Gasteiger partial charge in [-0.25, -0.2) is 4.79 Å². The monoisotopic (exact) mass is 232 g/mol. The molecule has 3 heteroatoms. The molecule has 3 nitrogen and oxygen atoms in total. The summed E-state index contributed by atoms with van der Waals surface area (Å²) in [5.74, 6) is -0.489. The summed E-state index contributed by atoms with van der Waals surface area (Å²) in [7, 11) is 0. The fourth-order valence-corrected chi connectivity index (χ4v) is 1.80. The Morgan fingerprint density at radius 3 is 2.41 bits per heavy atom. The minimum Gasteiger partial charge on any atom is -0.457 e. The Labute approximate surface area is 101 Å². The molecule has 1 aliphatic rings. The first-order valence-electron chi connectivity index (χ1n) is 5.72. The van der Waals surface area contributed by atoms with Crippen LogP contribution in [-0.2, 0) is 20.7 Å². The minimum atomic E-state index is -0.849. The summed E-state index contributed by atoms with van der Waals surface area (Å²) in [6.45, 7) is 3.47. The van der Waals surface area contributed by atoms with Crippen molar-refractivity contribution < 1.29 is 14.3 Å². The molecule has 0 bridgehead atoms. The van der Waals surface area contributed by atoms with Gasteiger partial charge in [0.2, 0.25) is 5.79 Å². The first-order chi connectivity index (χ1) is 8.05. The standard InChI is InChI=1S/C14H16O3/c1-14(2)16-12(10-13(15)17-14)9-8-11-6-4-3-5-7-11/h3-7,10H,8-9H2,1-2H3. The van der Waals surface area contributed by atoms with Gasteiger partial charge in [-0.2, -0.15) is 0 Å². The van der Waals surface area contributed by atoms with Crippen LogP contribution in [0.3, 0.4) is 0 Å². The molecule has 0 atom stereocenters. The predicted octanol–water partition coefficient (Wildman–Crippen LogP) is 2.81. The lowest BCUT2D eigenvalue weighted by molar-refractivity contribution is -0.205. The van der Waals surface area contributed by atoms with Crippen molar-refractivity contribution in [3.05, 3.63) is 47.7 Å². The predicted molar refractivity (Wildman–Crippen MR) is 64.1 cm³/mol. The molecule has 0 saturated heterocycles. The number of benzene rings is 1. The third-order valence-corrected chi connectivity index (χ3v) is 2.51. The molecule has 0 aromatic heterocycles. The quantitative estimate of drug-likeness (QED) is 0.752. The lowest BCUT2D eigenvalue weighted by atomic mass is 10.1. The van der Waals surface area contributed by atoms with E-state index >= 15 is 0 Å². The van der Waals surface area contributed by atoms with Gasteiger partial charge in [0.1, 0.15) is 5.76 Å². The van der Waals surface area contributed by atoms with Gasteiger partial charge in [-0.1, -0.05) is 30.3 Å². The topological polar surface area (TPSA) is 35.5 Å². The largest absolute Gasteiger partial charge is 0.457 e. The number of allylic oxidation sites excluding steroid dienone is 1. The molecule has 0 N–H and O–H groups in total. The molecule has 90 valence electrons. The number of esters is 1. The highest BCUT2D eigenvalue weighted by molar-refractivity contribution is 5.83. The van der Waals surface area contributed by atoms with E-state index in [9.17, 15) is 4.79 Å². The van der Waals surface area contributed by atoms with Crippen molar-refractivity contribution in [3.63, 3.8) is 0 Å². The van der Waals surface area contributed by atoms with E-state index in [2.05, 4.69) is 12.1 Å². The molecule has 0 saturated carbocycles. The highest BCUT2D eigenvalue weighted by atomic mass is 16.7. The molecule has 1 aliphatic heterocycles. The van der Waals surface area contributed by atoms with Crippen LogP contribution in [-0.4, -0.2) is 11.8 Å². The van der Waals surface area contributed by atoms with E-state index in [0.717, 1.165) is 6.42 Å². The summed E-state index contributed by atoms with van der Waals surface area (Å²) >= 11 is 0. The van der Waals surface area contributed by atoms with E-state index < -0.39 is 5.79 Å². The van der Waals surface area contributed by atoms with Crippen LogP contribution in [0.1, 0.15) is 25.8 Å². The Kier molecular flexibility index (Phi) is 3.18. The Balaban J connectivity index is 1.98. The van der Waals surface area contributed by atoms with Gasteiger partial charge in [0.25, 0.3) is 0 Å². The highest BCUT2D eigenvalue weighted by Gasteiger charge is 2.29. The van der Waals surface area contributed by atoms with Crippen molar-refractivity contribution in [2.75, 3.05) is 0 Å². The Bertz CT molecular complexity index is 432. The van der Waals surface area contributed by atoms with Crippen LogP contribution in [0.5, 0.6) is 0 Å². The van der Waals surface area contributed by atoms with E-state index in [1.165, 1.54) is 11.6 Å². The van der Waals surface area contributed by atoms with Gasteiger partial charge in [0.05, 0.1) is 6.08 Å². The summed E-state index contributed by atoms with van der Waals surface area (Å²) in [6, 6.07) is 10.1. The van der Waals surface area contributed by atoms with E-state index in [1.807, 2.05) is 18.2 Å². The van der Waals surface area contributed by atoms with Crippen molar-refractivity contribution in [3.8, 4) is 0 Å². The van der Waals surface area contributed by atoms with Crippen molar-refractivity contribution in [2.24, 2.45) is 0 Å². The van der Waals surface area contributed by atoms with Crippen LogP contribution in [0.2, 0.25) is 0 Å². The number of hydrogen-bond donors (Lipinski definition) is 0. The van der Waals surface area contributed by atoms with Gasteiger partial charge in [-0.15, -0.1) is 0 Å². The van der Waals surface area contributed by atoms with Crippen LogP contribution in [0.15, 0.2) is 42.2 Å². The maximum Gasteiger partial charge on any atom is 0.337 e. The Morgan fingerprint density at radius 1 is 1.06 bits per heavy atom. The second-order valence-corrected chi connectivity index (χ2v) is 4.52. The van der Waals surface area contributed by atoms with E-state index in [0.29, 0.717) is 12.2 Å². The van der Waals surface area contributed by atoms with Gasteiger partial charge in [0, 0.05) is 20.3 Å². The second kappa shape index (κ2) is 4.62. The smallest absolute Gasteiger partial charge is 0.337 e. The molecule has 0 unspecified atom stereocenters. The highest BCUT2D eigenvalue weighted by Crippen LogP contribution is 2.24. The van der Waals surface area contributed by atoms with Crippen LogP contribution in [0.4, 0.5) is 0 Å². The summed E-state index contributed by atoms with van der Waals surface area (Å²) in [5, 5.41) is 0. The summed E-state index contributed by atoms with van der Waals surface area (Å²) in [6.07, 6.45) is 2.99. The van der Waals surface area contributed by atoms with Crippen LogP contribution in [0, 0.1) is 0 Å². The number of ether oxygens (including phenoxy) is 2. The summed E-state index contributed by atoms with van der Waals surface area (Å²) in [4.78, 5) is 11.3. The first-order valence-corrected chi connectivity index (χ1v) is 5.72. The molecule has 0 spiro atoms. The van der Waals surface area contributed by atoms with E-state index in [-0.39, 0.29) is 5.97 Å². The average molecular weight is 232 g/mol. The molecule has 0 amide bonds. The fraction of sp³-hybridized carbons (Fsp3) is 0.357. The fourth-order valence-electron chi connectivity index (χ4n) is 1.80. The molecule has 0 fully saturated rings. The zero-order valence-corrected chi connectivity index (χ0v) is 10.1. The number of carbonyl (C=O) groups excluding carboxylic acids is 1. The molecule has 1 aromatic rings. The van der Waals surface area contributed by atoms with Crippen molar-refractivity contribution in [2.45, 2.75) is 32.5 Å². The number of aryl methyl sites for hydroxylation is 1. The molecule has 0 aliphatic carbocycles.